The Morgan fingerprint density at radius 3 is 2.31 bits per heavy atom. The summed E-state index contributed by atoms with van der Waals surface area (Å²) in [6.45, 7) is 4.83. The largest absolute Gasteiger partial charge is 0.399 e. The Kier molecular flexibility index (Phi) is 7.30. The van der Waals surface area contributed by atoms with E-state index in [1.807, 2.05) is 60.5 Å². The van der Waals surface area contributed by atoms with Gasteiger partial charge >= 0.3 is 6.03 Å². The van der Waals surface area contributed by atoms with Crippen molar-refractivity contribution >= 4 is 24.1 Å². The van der Waals surface area contributed by atoms with E-state index in [1.165, 1.54) is 5.56 Å². The molecule has 0 unspecified atom stereocenters. The van der Waals surface area contributed by atoms with E-state index in [0.29, 0.717) is 6.54 Å². The molecule has 0 spiro atoms. The van der Waals surface area contributed by atoms with Gasteiger partial charge in [-0.05, 0) is 23.3 Å². The molecule has 1 aliphatic heterocycles. The van der Waals surface area contributed by atoms with Crippen LogP contribution in [-0.2, 0) is 13.1 Å². The number of halogens is 1. The van der Waals surface area contributed by atoms with Crippen LogP contribution in [0.25, 0.3) is 0 Å². The molecule has 0 radical (unpaired) electrons. The maximum atomic E-state index is 12.6. The minimum atomic E-state index is 0. The topological polar surface area (TPSA) is 52.8 Å². The lowest BCUT2D eigenvalue weighted by Gasteiger charge is -2.36. The molecule has 26 heavy (non-hydrogen) atoms. The number of nitrogen functional groups attached to an aromatic ring is 1. The molecule has 1 aliphatic rings. The first kappa shape index (κ1) is 20.1. The first-order chi connectivity index (χ1) is 12.1. The summed E-state index contributed by atoms with van der Waals surface area (Å²) in [6.07, 6.45) is 0. The van der Waals surface area contributed by atoms with Crippen molar-refractivity contribution in [1.29, 1.82) is 0 Å². The number of anilines is 1. The van der Waals surface area contributed by atoms with Gasteiger partial charge in [-0.3, -0.25) is 4.90 Å². The Hall–Kier alpha value is -2.24. The highest BCUT2D eigenvalue weighted by Gasteiger charge is 2.23. The van der Waals surface area contributed by atoms with Gasteiger partial charge in [0.2, 0.25) is 0 Å². The highest BCUT2D eigenvalue weighted by atomic mass is 35.5. The summed E-state index contributed by atoms with van der Waals surface area (Å²) >= 11 is 0. The van der Waals surface area contributed by atoms with Crippen molar-refractivity contribution in [3.05, 3.63) is 65.7 Å². The number of rotatable bonds is 4. The van der Waals surface area contributed by atoms with Gasteiger partial charge < -0.3 is 15.5 Å². The summed E-state index contributed by atoms with van der Waals surface area (Å²) in [6, 6.07) is 18.2. The maximum absolute atomic E-state index is 12.6. The van der Waals surface area contributed by atoms with Gasteiger partial charge in [0.25, 0.3) is 0 Å². The smallest absolute Gasteiger partial charge is 0.320 e. The summed E-state index contributed by atoms with van der Waals surface area (Å²) in [5.41, 5.74) is 9.02. The Bertz CT molecular complexity index is 702. The van der Waals surface area contributed by atoms with Gasteiger partial charge in [-0.2, -0.15) is 0 Å². The van der Waals surface area contributed by atoms with E-state index >= 15 is 0 Å². The maximum Gasteiger partial charge on any atom is 0.320 e. The predicted octanol–water partition coefficient (Wildman–Crippen LogP) is 3.06. The van der Waals surface area contributed by atoms with Gasteiger partial charge in [0.05, 0.1) is 0 Å². The summed E-state index contributed by atoms with van der Waals surface area (Å²) in [5, 5.41) is 0. The Balaban J connectivity index is 0.00000243. The zero-order valence-electron chi connectivity index (χ0n) is 15.2. The van der Waals surface area contributed by atoms with Crippen LogP contribution < -0.4 is 5.73 Å². The number of urea groups is 1. The van der Waals surface area contributed by atoms with E-state index in [9.17, 15) is 4.79 Å². The van der Waals surface area contributed by atoms with Crippen molar-refractivity contribution < 1.29 is 4.79 Å². The van der Waals surface area contributed by atoms with Gasteiger partial charge in [-0.1, -0.05) is 42.5 Å². The standard InChI is InChI=1S/C20H26N4O.ClH/c1-22(15-17-6-3-2-4-7-17)20(25)24-12-10-23(11-13-24)16-18-8-5-9-19(21)14-18;/h2-9,14H,10-13,15-16,21H2,1H3;1H. The second kappa shape index (κ2) is 9.46. The molecule has 0 aliphatic carbocycles. The number of carbonyl (C=O) groups is 1. The van der Waals surface area contributed by atoms with Crippen LogP contribution in [0.2, 0.25) is 0 Å². The number of nitrogens with zero attached hydrogens (tertiary/aromatic N) is 3. The van der Waals surface area contributed by atoms with Crippen molar-refractivity contribution in [3.63, 3.8) is 0 Å². The van der Waals surface area contributed by atoms with E-state index in [2.05, 4.69) is 11.0 Å². The predicted molar refractivity (Wildman–Crippen MR) is 108 cm³/mol. The van der Waals surface area contributed by atoms with Crippen molar-refractivity contribution in [2.24, 2.45) is 0 Å². The van der Waals surface area contributed by atoms with E-state index in [-0.39, 0.29) is 18.4 Å². The van der Waals surface area contributed by atoms with E-state index in [1.54, 1.807) is 4.90 Å². The van der Waals surface area contributed by atoms with E-state index < -0.39 is 0 Å². The van der Waals surface area contributed by atoms with Crippen LogP contribution in [0.5, 0.6) is 0 Å². The number of hydrogen-bond donors (Lipinski definition) is 1. The Labute approximate surface area is 161 Å². The second-order valence-electron chi connectivity index (χ2n) is 6.63. The highest BCUT2D eigenvalue weighted by Crippen LogP contribution is 2.13. The molecule has 2 N–H and O–H groups in total. The lowest BCUT2D eigenvalue weighted by molar-refractivity contribution is 0.114. The van der Waals surface area contributed by atoms with E-state index in [0.717, 1.165) is 44.0 Å². The Morgan fingerprint density at radius 2 is 1.65 bits per heavy atom. The molecule has 0 atom stereocenters. The van der Waals surface area contributed by atoms with Crippen molar-refractivity contribution in [2.75, 3.05) is 39.0 Å². The van der Waals surface area contributed by atoms with Crippen LogP contribution in [0.3, 0.4) is 0 Å². The number of carbonyl (C=O) groups excluding carboxylic acids is 1. The fraction of sp³-hybridized carbons (Fsp3) is 0.350. The molecule has 3 rings (SSSR count). The summed E-state index contributed by atoms with van der Waals surface area (Å²) in [4.78, 5) is 18.7. The molecule has 1 heterocycles. The molecule has 0 bridgehead atoms. The number of nitrogens with two attached hydrogens (primary N) is 1. The molecule has 2 aromatic rings. The lowest BCUT2D eigenvalue weighted by atomic mass is 10.2. The first-order valence-electron chi connectivity index (χ1n) is 8.72. The molecule has 2 aromatic carbocycles. The summed E-state index contributed by atoms with van der Waals surface area (Å²) < 4.78 is 0. The molecule has 0 saturated carbocycles. The average Bonchev–Trinajstić information content (AvgIpc) is 2.62. The lowest BCUT2D eigenvalue weighted by Crippen LogP contribution is -2.51. The fourth-order valence-corrected chi connectivity index (χ4v) is 3.21. The molecule has 6 heteroatoms. The zero-order chi connectivity index (χ0) is 17.6. The summed E-state index contributed by atoms with van der Waals surface area (Å²) in [5.74, 6) is 0. The summed E-state index contributed by atoms with van der Waals surface area (Å²) in [7, 11) is 1.87. The van der Waals surface area contributed by atoms with Crippen LogP contribution in [0.1, 0.15) is 11.1 Å². The van der Waals surface area contributed by atoms with Crippen molar-refractivity contribution in [3.8, 4) is 0 Å². The normalized spacial score (nSPS) is 14.6. The fourth-order valence-electron chi connectivity index (χ4n) is 3.21. The molecule has 1 saturated heterocycles. The third-order valence-corrected chi connectivity index (χ3v) is 4.59. The molecule has 140 valence electrons. The molecule has 5 nitrogen and oxygen atoms in total. The molecule has 2 amide bonds. The van der Waals surface area contributed by atoms with Crippen LogP contribution in [0, 0.1) is 0 Å². The second-order valence-corrected chi connectivity index (χ2v) is 6.63. The van der Waals surface area contributed by atoms with Gasteiger partial charge in [0.1, 0.15) is 0 Å². The zero-order valence-corrected chi connectivity index (χ0v) is 16.0. The third kappa shape index (κ3) is 5.38. The van der Waals surface area contributed by atoms with Crippen molar-refractivity contribution in [2.45, 2.75) is 13.1 Å². The molecule has 0 aromatic heterocycles. The van der Waals surface area contributed by atoms with Gasteiger partial charge in [-0.25, -0.2) is 4.79 Å². The first-order valence-corrected chi connectivity index (χ1v) is 8.72. The van der Waals surface area contributed by atoms with Crippen LogP contribution in [0.4, 0.5) is 10.5 Å². The number of benzene rings is 2. The minimum Gasteiger partial charge on any atom is -0.399 e. The van der Waals surface area contributed by atoms with Crippen LogP contribution in [-0.4, -0.2) is 54.0 Å². The quantitative estimate of drug-likeness (QED) is 0.837. The highest BCUT2D eigenvalue weighted by molar-refractivity contribution is 5.85. The third-order valence-electron chi connectivity index (χ3n) is 4.59. The van der Waals surface area contributed by atoms with Gasteiger partial charge in [0, 0.05) is 52.0 Å². The van der Waals surface area contributed by atoms with Gasteiger partial charge in [-0.15, -0.1) is 12.4 Å². The van der Waals surface area contributed by atoms with Crippen molar-refractivity contribution in [1.82, 2.24) is 14.7 Å². The number of hydrogen-bond acceptors (Lipinski definition) is 3. The van der Waals surface area contributed by atoms with Crippen LogP contribution in [0.15, 0.2) is 54.6 Å². The molecular formula is C20H27ClN4O. The number of amides is 2. The van der Waals surface area contributed by atoms with Gasteiger partial charge in [0.15, 0.2) is 0 Å². The molecular weight excluding hydrogens is 348 g/mol. The minimum absolute atomic E-state index is 0. The van der Waals surface area contributed by atoms with E-state index in [4.69, 9.17) is 5.73 Å². The SMILES string of the molecule is CN(Cc1ccccc1)C(=O)N1CCN(Cc2cccc(N)c2)CC1.Cl. The Morgan fingerprint density at radius 1 is 1.00 bits per heavy atom. The number of piperazine rings is 1. The molecule has 1 fully saturated rings. The van der Waals surface area contributed by atoms with Crippen LogP contribution >= 0.6 is 12.4 Å². The monoisotopic (exact) mass is 374 g/mol. The average molecular weight is 375 g/mol.